The number of rotatable bonds is 26. The van der Waals surface area contributed by atoms with Crippen LogP contribution in [0.25, 0.3) is 0 Å². The molecule has 9 N–H and O–H groups in total. The minimum absolute atomic E-state index is 0.0122. The average Bonchev–Trinajstić information content (AvgIpc) is 3.21. The third-order valence-corrected chi connectivity index (χ3v) is 9.05. The van der Waals surface area contributed by atoms with Gasteiger partial charge in [-0.2, -0.15) is 0 Å². The minimum Gasteiger partial charge on any atom is -0.480 e. The predicted octanol–water partition coefficient (Wildman–Crippen LogP) is 5.04. The van der Waals surface area contributed by atoms with E-state index in [0.717, 1.165) is 0 Å². The number of carbonyl (C=O) groups excluding carboxylic acids is 8. The molecule has 0 unspecified atom stereocenters. The number of carboxylic acids is 1. The molecule has 0 aliphatic carbocycles. The highest BCUT2D eigenvalue weighted by atomic mass is 16.6. The fourth-order valence-electron chi connectivity index (χ4n) is 6.03. The van der Waals surface area contributed by atoms with Crippen molar-refractivity contribution in [3.05, 3.63) is 35.9 Å². The topological polar surface area (TPSA) is 316 Å². The molecule has 0 bridgehead atoms. The lowest BCUT2D eigenvalue weighted by Crippen LogP contribution is -2.58. The first-order chi connectivity index (χ1) is 32.8. The zero-order chi connectivity index (χ0) is 54.0. The van der Waals surface area contributed by atoms with Crippen molar-refractivity contribution in [1.82, 2.24) is 42.5 Å². The standard InChI is InChI=1S/C48H80N8O15/c1-45(2,3)68-40(62)49-26-16-22-32(54-38(59)34(24-18-28-51-42(64)70-47(7,8)9)56-44(66)67-30-31-20-14-13-15-21-31)36(57)53-33(23-17-27-50-41(63)69-46(4,5)6)37(58)55-35(39(60)61)25-19-29-52-43(65)71-48(10,11)12/h13-15,20-21,32-35H,16-19,22-30H2,1-12H3,(H,49,62)(H,50,63)(H,51,64)(H,52,65)(H,53,57)(H,54,59)(H,55,58)(H,56,66)(H,60,61)/t32-,33-,34-,35-/m1/s1. The van der Waals surface area contributed by atoms with Gasteiger partial charge in [0.05, 0.1) is 0 Å². The maximum Gasteiger partial charge on any atom is 0.408 e. The van der Waals surface area contributed by atoms with E-state index in [2.05, 4.69) is 42.5 Å². The van der Waals surface area contributed by atoms with E-state index in [-0.39, 0.29) is 84.2 Å². The third kappa shape index (κ3) is 32.1. The number of amides is 8. The Kier molecular flexibility index (Phi) is 26.6. The second-order valence-corrected chi connectivity index (χ2v) is 20.6. The Balaban J connectivity index is 3.46. The van der Waals surface area contributed by atoms with Crippen LogP contribution in [0.5, 0.6) is 0 Å². The molecule has 0 fully saturated rings. The lowest BCUT2D eigenvalue weighted by Gasteiger charge is -2.26. The van der Waals surface area contributed by atoms with E-state index in [0.29, 0.717) is 5.56 Å². The molecule has 0 radical (unpaired) electrons. The lowest BCUT2D eigenvalue weighted by atomic mass is 10.0. The van der Waals surface area contributed by atoms with E-state index >= 15 is 0 Å². The van der Waals surface area contributed by atoms with Crippen molar-refractivity contribution in [3.8, 4) is 0 Å². The van der Waals surface area contributed by atoms with Gasteiger partial charge in [-0.15, -0.1) is 0 Å². The van der Waals surface area contributed by atoms with Gasteiger partial charge in [0.1, 0.15) is 53.2 Å². The molecule has 0 saturated heterocycles. The summed E-state index contributed by atoms with van der Waals surface area (Å²) in [5.74, 6) is -4.02. The van der Waals surface area contributed by atoms with Crippen molar-refractivity contribution in [3.63, 3.8) is 0 Å². The predicted molar refractivity (Wildman–Crippen MR) is 261 cm³/mol. The minimum atomic E-state index is -1.46. The Morgan fingerprint density at radius 2 is 0.704 bits per heavy atom. The quantitative estimate of drug-likeness (QED) is 0.0434. The van der Waals surface area contributed by atoms with Gasteiger partial charge in [0.15, 0.2) is 0 Å². The van der Waals surface area contributed by atoms with Crippen LogP contribution in [-0.2, 0) is 49.5 Å². The highest BCUT2D eigenvalue weighted by Gasteiger charge is 2.32. The molecule has 1 aromatic rings. The molecule has 0 heterocycles. The van der Waals surface area contributed by atoms with E-state index in [1.807, 2.05) is 0 Å². The molecule has 1 rings (SSSR count). The summed E-state index contributed by atoms with van der Waals surface area (Å²) in [7, 11) is 0. The Morgan fingerprint density at radius 3 is 1.00 bits per heavy atom. The summed E-state index contributed by atoms with van der Waals surface area (Å²) in [6.07, 6.45) is -3.85. The second-order valence-electron chi connectivity index (χ2n) is 20.6. The molecule has 402 valence electrons. The maximum atomic E-state index is 14.3. The van der Waals surface area contributed by atoms with Crippen LogP contribution in [0.4, 0.5) is 24.0 Å². The zero-order valence-corrected chi connectivity index (χ0v) is 43.6. The van der Waals surface area contributed by atoms with Crippen molar-refractivity contribution in [2.45, 2.75) is 188 Å². The van der Waals surface area contributed by atoms with Crippen LogP contribution in [0.15, 0.2) is 30.3 Å². The number of hydrogen-bond acceptors (Lipinski definition) is 14. The number of ether oxygens (including phenoxy) is 5. The van der Waals surface area contributed by atoms with Crippen LogP contribution < -0.4 is 42.5 Å². The second kappa shape index (κ2) is 30.2. The third-order valence-electron chi connectivity index (χ3n) is 9.05. The van der Waals surface area contributed by atoms with Gasteiger partial charge in [0, 0.05) is 26.2 Å². The number of carboxylic acid groups (broad SMARTS) is 1. The Morgan fingerprint density at radius 1 is 0.423 bits per heavy atom. The molecule has 1 aromatic carbocycles. The van der Waals surface area contributed by atoms with Crippen molar-refractivity contribution < 1.29 is 71.9 Å². The van der Waals surface area contributed by atoms with Gasteiger partial charge in [0.2, 0.25) is 17.7 Å². The smallest absolute Gasteiger partial charge is 0.408 e. The number of alkyl carbamates (subject to hydrolysis) is 5. The molecule has 0 spiro atoms. The monoisotopic (exact) mass is 1010 g/mol. The molecule has 0 aliphatic heterocycles. The zero-order valence-electron chi connectivity index (χ0n) is 43.6. The Hall–Kier alpha value is -6.55. The highest BCUT2D eigenvalue weighted by Crippen LogP contribution is 2.12. The normalized spacial score (nSPS) is 13.3. The summed E-state index contributed by atoms with van der Waals surface area (Å²) in [5, 5.41) is 30.6. The molecule has 8 amide bonds. The van der Waals surface area contributed by atoms with Crippen LogP contribution in [0.1, 0.15) is 140 Å². The summed E-state index contributed by atoms with van der Waals surface area (Å²) in [4.78, 5) is 117. The number of carbonyl (C=O) groups is 9. The first-order valence-corrected chi connectivity index (χ1v) is 23.8. The highest BCUT2D eigenvalue weighted by molar-refractivity contribution is 5.94. The fraction of sp³-hybridized carbons (Fsp3) is 0.688. The first kappa shape index (κ1) is 62.5. The summed E-state index contributed by atoms with van der Waals surface area (Å²) in [6, 6.07) is 3.14. The average molecular weight is 1010 g/mol. The summed E-state index contributed by atoms with van der Waals surface area (Å²) < 4.78 is 26.4. The summed E-state index contributed by atoms with van der Waals surface area (Å²) in [5.41, 5.74) is -2.47. The van der Waals surface area contributed by atoms with Crippen LogP contribution in [0.2, 0.25) is 0 Å². The van der Waals surface area contributed by atoms with Crippen LogP contribution >= 0.6 is 0 Å². The molecular formula is C48H80N8O15. The van der Waals surface area contributed by atoms with Crippen molar-refractivity contribution in [1.29, 1.82) is 0 Å². The van der Waals surface area contributed by atoms with Crippen LogP contribution in [0.3, 0.4) is 0 Å². The largest absolute Gasteiger partial charge is 0.480 e. The SMILES string of the molecule is CC(C)(C)OC(=O)NCCC[C@@H](NC(=O)[C@@H](CCCNC(=O)OC(C)(C)C)NC(=O)[C@@H](CCCNC(=O)OC(C)(C)C)NC(=O)[C@@H](CCCNC(=O)OC(C)(C)C)NC(=O)OCc1ccccc1)C(=O)O. The molecular weight excluding hydrogens is 929 g/mol. The lowest BCUT2D eigenvalue weighted by molar-refractivity contribution is -0.142. The van der Waals surface area contributed by atoms with E-state index in [1.54, 1.807) is 113 Å². The van der Waals surface area contributed by atoms with Gasteiger partial charge >= 0.3 is 36.4 Å². The molecule has 0 aliphatic rings. The molecule has 0 aromatic heterocycles. The summed E-state index contributed by atoms with van der Waals surface area (Å²) >= 11 is 0. The summed E-state index contributed by atoms with van der Waals surface area (Å²) in [6.45, 7) is 20.1. The van der Waals surface area contributed by atoms with Gasteiger partial charge in [-0.05, 0) is 140 Å². The number of hydrogen-bond donors (Lipinski definition) is 9. The van der Waals surface area contributed by atoms with Crippen molar-refractivity contribution in [2.24, 2.45) is 0 Å². The van der Waals surface area contributed by atoms with Gasteiger partial charge in [-0.25, -0.2) is 28.8 Å². The van der Waals surface area contributed by atoms with E-state index in [1.165, 1.54) is 0 Å². The van der Waals surface area contributed by atoms with Crippen molar-refractivity contribution >= 4 is 54.2 Å². The molecule has 71 heavy (non-hydrogen) atoms. The van der Waals surface area contributed by atoms with Gasteiger partial charge in [-0.3, -0.25) is 14.4 Å². The van der Waals surface area contributed by atoms with E-state index < -0.39 is 101 Å². The first-order valence-electron chi connectivity index (χ1n) is 23.8. The molecule has 23 nitrogen and oxygen atoms in total. The number of aliphatic carboxylic acids is 1. The van der Waals surface area contributed by atoms with E-state index in [4.69, 9.17) is 23.7 Å². The van der Waals surface area contributed by atoms with Crippen LogP contribution in [0, 0.1) is 0 Å². The van der Waals surface area contributed by atoms with Gasteiger partial charge in [-0.1, -0.05) is 30.3 Å². The Bertz CT molecular complexity index is 1890. The Labute approximate surface area is 417 Å². The molecule has 4 atom stereocenters. The maximum absolute atomic E-state index is 14.3. The fourth-order valence-corrected chi connectivity index (χ4v) is 6.03. The number of benzene rings is 1. The number of nitrogens with one attached hydrogen (secondary N) is 8. The van der Waals surface area contributed by atoms with Crippen molar-refractivity contribution in [2.75, 3.05) is 26.2 Å². The van der Waals surface area contributed by atoms with Gasteiger partial charge in [0.25, 0.3) is 0 Å². The van der Waals surface area contributed by atoms with Crippen LogP contribution in [-0.4, -0.2) is 132 Å². The van der Waals surface area contributed by atoms with Gasteiger partial charge < -0.3 is 71.3 Å². The molecule has 23 heteroatoms. The van der Waals surface area contributed by atoms with E-state index in [9.17, 15) is 48.3 Å². The molecule has 0 saturated carbocycles.